The van der Waals surface area contributed by atoms with Crippen LogP contribution in [0.15, 0.2) is 91.1 Å². The van der Waals surface area contributed by atoms with E-state index in [1.54, 1.807) is 17.5 Å². The second kappa shape index (κ2) is 8.71. The molecule has 0 radical (unpaired) electrons. The maximum absolute atomic E-state index is 12.8. The Labute approximate surface area is 174 Å². The fourth-order valence-corrected chi connectivity index (χ4v) is 4.14. The third-order valence-corrected chi connectivity index (χ3v) is 5.53. The van der Waals surface area contributed by atoms with Crippen LogP contribution in [0, 0.1) is 6.92 Å². The van der Waals surface area contributed by atoms with Crippen molar-refractivity contribution in [2.45, 2.75) is 13.0 Å². The molecule has 4 nitrogen and oxygen atoms in total. The molecule has 0 saturated carbocycles. The number of carbonyl (C=O) groups excluding carboxylic acids is 1. The Morgan fingerprint density at radius 3 is 2.31 bits per heavy atom. The van der Waals surface area contributed by atoms with Gasteiger partial charge in [-0.3, -0.25) is 4.79 Å². The smallest absolute Gasteiger partial charge is 0.256 e. The molecule has 1 amide bonds. The first kappa shape index (κ1) is 18.9. The van der Waals surface area contributed by atoms with Crippen molar-refractivity contribution >= 4 is 28.1 Å². The lowest BCUT2D eigenvalue weighted by atomic mass is 10.00. The normalized spacial score (nSPS) is 11.6. The number of hydrogen-bond donors (Lipinski definition) is 2. The lowest BCUT2D eigenvalue weighted by Gasteiger charge is -2.21. The summed E-state index contributed by atoms with van der Waals surface area (Å²) >= 11 is 1.58. The predicted octanol–water partition coefficient (Wildman–Crippen LogP) is 5.91. The highest BCUT2D eigenvalue weighted by molar-refractivity contribution is 7.16. The Kier molecular flexibility index (Phi) is 5.68. The number of rotatable bonds is 6. The molecule has 1 atom stereocenters. The summed E-state index contributed by atoms with van der Waals surface area (Å²) in [6.07, 6.45) is 1.77. The largest absolute Gasteiger partial charge is 0.359 e. The van der Waals surface area contributed by atoms with Gasteiger partial charge in [0.2, 0.25) is 0 Å². The summed E-state index contributed by atoms with van der Waals surface area (Å²) in [5.41, 5.74) is 2.76. The molecule has 0 bridgehead atoms. The highest BCUT2D eigenvalue weighted by atomic mass is 32.1. The summed E-state index contributed by atoms with van der Waals surface area (Å²) in [7, 11) is 0. The van der Waals surface area contributed by atoms with E-state index in [-0.39, 0.29) is 11.9 Å². The van der Waals surface area contributed by atoms with Crippen molar-refractivity contribution in [2.75, 3.05) is 10.6 Å². The maximum Gasteiger partial charge on any atom is 0.256 e. The van der Waals surface area contributed by atoms with E-state index >= 15 is 0 Å². The lowest BCUT2D eigenvalue weighted by molar-refractivity contribution is 0.102. The molecule has 0 spiro atoms. The fraction of sp³-hybridized carbons (Fsp3) is 0.0833. The van der Waals surface area contributed by atoms with Crippen LogP contribution in [0.5, 0.6) is 0 Å². The molecule has 144 valence electrons. The van der Waals surface area contributed by atoms with Crippen molar-refractivity contribution < 1.29 is 4.79 Å². The van der Waals surface area contributed by atoms with Crippen LogP contribution >= 0.6 is 11.3 Å². The summed E-state index contributed by atoms with van der Waals surface area (Å²) < 4.78 is 0. The van der Waals surface area contributed by atoms with E-state index < -0.39 is 0 Å². The standard InChI is InChI=1S/C24H21N3OS/c1-17-16-20(24(29-17)27-23(28)19-12-6-3-7-13-19)22(18-10-4-2-5-11-18)26-21-14-8-9-15-25-21/h2-16,22H,1H3,(H,25,26)(H,27,28)/t22-/m1/s1. The van der Waals surface area contributed by atoms with Gasteiger partial charge in [-0.1, -0.05) is 54.6 Å². The molecular weight excluding hydrogens is 378 g/mol. The van der Waals surface area contributed by atoms with Gasteiger partial charge in [-0.05, 0) is 42.8 Å². The minimum absolute atomic E-state index is 0.113. The van der Waals surface area contributed by atoms with E-state index in [1.807, 2.05) is 66.7 Å². The summed E-state index contributed by atoms with van der Waals surface area (Å²) in [5, 5.41) is 7.47. The first-order chi connectivity index (χ1) is 14.2. The van der Waals surface area contributed by atoms with Crippen LogP contribution in [0.25, 0.3) is 0 Å². The van der Waals surface area contributed by atoms with Crippen molar-refractivity contribution in [3.8, 4) is 0 Å². The monoisotopic (exact) mass is 399 g/mol. The quantitative estimate of drug-likeness (QED) is 0.424. The average Bonchev–Trinajstić information content (AvgIpc) is 3.13. The van der Waals surface area contributed by atoms with Gasteiger partial charge < -0.3 is 10.6 Å². The Balaban J connectivity index is 1.70. The molecule has 0 fully saturated rings. The van der Waals surface area contributed by atoms with E-state index in [4.69, 9.17) is 0 Å². The summed E-state index contributed by atoms with van der Waals surface area (Å²) in [6, 6.07) is 27.2. The second-order valence-electron chi connectivity index (χ2n) is 6.66. The molecule has 4 aromatic rings. The molecule has 2 aromatic carbocycles. The van der Waals surface area contributed by atoms with Crippen LogP contribution in [-0.4, -0.2) is 10.9 Å². The zero-order valence-corrected chi connectivity index (χ0v) is 16.8. The van der Waals surface area contributed by atoms with Gasteiger partial charge in [0.15, 0.2) is 0 Å². The third-order valence-electron chi connectivity index (χ3n) is 4.55. The molecule has 0 aliphatic carbocycles. The van der Waals surface area contributed by atoms with E-state index in [2.05, 4.69) is 40.7 Å². The molecule has 0 aliphatic heterocycles. The zero-order chi connectivity index (χ0) is 20.1. The van der Waals surface area contributed by atoms with Gasteiger partial charge in [-0.15, -0.1) is 11.3 Å². The van der Waals surface area contributed by atoms with Crippen LogP contribution in [0.3, 0.4) is 0 Å². The van der Waals surface area contributed by atoms with Gasteiger partial charge >= 0.3 is 0 Å². The van der Waals surface area contributed by atoms with Gasteiger partial charge in [-0.2, -0.15) is 0 Å². The fourth-order valence-electron chi connectivity index (χ4n) is 3.19. The molecule has 5 heteroatoms. The van der Waals surface area contributed by atoms with Crippen molar-refractivity contribution in [2.24, 2.45) is 0 Å². The summed E-state index contributed by atoms with van der Waals surface area (Å²) in [6.45, 7) is 2.05. The number of aryl methyl sites for hydroxylation is 1. The molecule has 0 aliphatic rings. The van der Waals surface area contributed by atoms with E-state index in [0.717, 1.165) is 26.8 Å². The van der Waals surface area contributed by atoms with Crippen LogP contribution in [0.1, 0.15) is 32.4 Å². The molecular formula is C24H21N3OS. The minimum atomic E-state index is -0.137. The van der Waals surface area contributed by atoms with Crippen LogP contribution < -0.4 is 10.6 Å². The molecule has 0 unspecified atom stereocenters. The van der Waals surface area contributed by atoms with Gasteiger partial charge in [0, 0.05) is 22.2 Å². The first-order valence-corrected chi connectivity index (χ1v) is 10.2. The highest BCUT2D eigenvalue weighted by Gasteiger charge is 2.22. The number of nitrogens with one attached hydrogen (secondary N) is 2. The van der Waals surface area contributed by atoms with Crippen LogP contribution in [-0.2, 0) is 0 Å². The van der Waals surface area contributed by atoms with Crippen molar-refractivity contribution in [1.29, 1.82) is 0 Å². The second-order valence-corrected chi connectivity index (χ2v) is 7.92. The summed E-state index contributed by atoms with van der Waals surface area (Å²) in [5.74, 6) is 0.670. The number of amides is 1. The van der Waals surface area contributed by atoms with E-state index in [1.165, 1.54) is 0 Å². The minimum Gasteiger partial charge on any atom is -0.359 e. The molecule has 2 aromatic heterocycles. The number of aromatic nitrogens is 1. The SMILES string of the molecule is Cc1cc([C@H](Nc2ccccn2)c2ccccc2)c(NC(=O)c2ccccc2)s1. The predicted molar refractivity (Wildman–Crippen MR) is 120 cm³/mol. The highest BCUT2D eigenvalue weighted by Crippen LogP contribution is 2.37. The number of carbonyl (C=O) groups is 1. The van der Waals surface area contributed by atoms with E-state index in [0.29, 0.717) is 5.56 Å². The molecule has 0 saturated heterocycles. The number of hydrogen-bond acceptors (Lipinski definition) is 4. The van der Waals surface area contributed by atoms with Crippen molar-refractivity contribution in [3.05, 3.63) is 113 Å². The number of pyridine rings is 1. The maximum atomic E-state index is 12.8. The lowest BCUT2D eigenvalue weighted by Crippen LogP contribution is -2.17. The molecule has 2 heterocycles. The third kappa shape index (κ3) is 4.52. The average molecular weight is 400 g/mol. The summed E-state index contributed by atoms with van der Waals surface area (Å²) in [4.78, 5) is 18.3. The van der Waals surface area contributed by atoms with Crippen molar-refractivity contribution in [3.63, 3.8) is 0 Å². The van der Waals surface area contributed by atoms with Gasteiger partial charge in [0.1, 0.15) is 10.8 Å². The van der Waals surface area contributed by atoms with Crippen LogP contribution in [0.2, 0.25) is 0 Å². The molecule has 4 rings (SSSR count). The zero-order valence-electron chi connectivity index (χ0n) is 16.0. The Hall–Kier alpha value is -3.44. The number of anilines is 2. The molecule has 29 heavy (non-hydrogen) atoms. The topological polar surface area (TPSA) is 54.0 Å². The van der Waals surface area contributed by atoms with Gasteiger partial charge in [0.25, 0.3) is 5.91 Å². The van der Waals surface area contributed by atoms with E-state index in [9.17, 15) is 4.79 Å². The van der Waals surface area contributed by atoms with Crippen molar-refractivity contribution in [1.82, 2.24) is 4.98 Å². The Morgan fingerprint density at radius 2 is 1.62 bits per heavy atom. The van der Waals surface area contributed by atoms with Gasteiger partial charge in [0.05, 0.1) is 6.04 Å². The number of thiophene rings is 1. The number of benzene rings is 2. The Morgan fingerprint density at radius 1 is 0.931 bits per heavy atom. The Bertz CT molecular complexity index is 1080. The first-order valence-electron chi connectivity index (χ1n) is 9.40. The number of nitrogens with zero attached hydrogens (tertiary/aromatic N) is 1. The molecule has 2 N–H and O–H groups in total. The van der Waals surface area contributed by atoms with Gasteiger partial charge in [-0.25, -0.2) is 4.98 Å². The van der Waals surface area contributed by atoms with Crippen LogP contribution in [0.4, 0.5) is 10.8 Å².